The Morgan fingerprint density at radius 3 is 2.59 bits per heavy atom. The van der Waals surface area contributed by atoms with Crippen LogP contribution in [0.5, 0.6) is 5.88 Å². The molecular weight excluding hydrogens is 501 g/mol. The Morgan fingerprint density at radius 1 is 1.29 bits per heavy atom. The van der Waals surface area contributed by atoms with Crippen molar-refractivity contribution in [1.82, 2.24) is 10.1 Å². The molecule has 3 heterocycles. The monoisotopic (exact) mass is 518 g/mol. The van der Waals surface area contributed by atoms with Gasteiger partial charge in [-0.05, 0) is 23.6 Å². The number of amides is 1. The zero-order chi connectivity index (χ0) is 25.0. The Morgan fingerprint density at radius 2 is 2.00 bits per heavy atom. The molecule has 14 heteroatoms. The van der Waals surface area contributed by atoms with Gasteiger partial charge in [-0.1, -0.05) is 30.6 Å². The summed E-state index contributed by atoms with van der Waals surface area (Å²) in [5, 5.41) is 3.58. The fraction of sp³-hybridized carbons (Fsp3) is 0.350. The van der Waals surface area contributed by atoms with Crippen LogP contribution in [-0.2, 0) is 14.8 Å². The first-order valence-corrected chi connectivity index (χ1v) is 12.1. The molecule has 0 aliphatic carbocycles. The van der Waals surface area contributed by atoms with Crippen LogP contribution in [0, 0.1) is 5.92 Å². The molecule has 34 heavy (non-hydrogen) atoms. The van der Waals surface area contributed by atoms with Crippen molar-refractivity contribution < 1.29 is 35.6 Å². The van der Waals surface area contributed by atoms with Gasteiger partial charge < -0.3 is 9.26 Å². The fourth-order valence-electron chi connectivity index (χ4n) is 3.52. The standard InChI is InChI=1S/C20H18ClF3N4O5S/c1-9(2)8-32-18-13(21)4-10(7-25-18)28-14-6-15-12(17(26-33-15)27-34(3,30)31)5-11(14)16(19(28)29)20(22,23)24/h4-7,9,16H,8H2,1-3H3,(H,26,27). The SMILES string of the molecule is CC(C)COc1ncc(N2C(=O)C(C(F)(F)F)c3cc4c(NS(C)(=O)=O)noc4cc32)cc1Cl. The van der Waals surface area contributed by atoms with Crippen LogP contribution in [0.15, 0.2) is 28.9 Å². The zero-order valence-electron chi connectivity index (χ0n) is 18.0. The highest BCUT2D eigenvalue weighted by Crippen LogP contribution is 2.51. The zero-order valence-corrected chi connectivity index (χ0v) is 19.5. The van der Waals surface area contributed by atoms with Gasteiger partial charge >= 0.3 is 6.18 Å². The number of carbonyl (C=O) groups is 1. The highest BCUT2D eigenvalue weighted by Gasteiger charge is 2.54. The van der Waals surface area contributed by atoms with Gasteiger partial charge in [-0.3, -0.25) is 14.4 Å². The van der Waals surface area contributed by atoms with Gasteiger partial charge in [0.05, 0.1) is 35.8 Å². The summed E-state index contributed by atoms with van der Waals surface area (Å²) in [6, 6.07) is 3.51. The van der Waals surface area contributed by atoms with Crippen LogP contribution in [0.4, 0.5) is 30.4 Å². The predicted octanol–water partition coefficient (Wildman–Crippen LogP) is 4.61. The molecule has 0 bridgehead atoms. The Bertz CT molecular complexity index is 1390. The summed E-state index contributed by atoms with van der Waals surface area (Å²) in [4.78, 5) is 17.9. The van der Waals surface area contributed by atoms with Crippen molar-refractivity contribution in [2.75, 3.05) is 22.5 Å². The van der Waals surface area contributed by atoms with Crippen LogP contribution >= 0.6 is 11.6 Å². The van der Waals surface area contributed by atoms with E-state index in [-0.39, 0.29) is 50.5 Å². The number of pyridine rings is 1. The maximum Gasteiger partial charge on any atom is 0.404 e. The van der Waals surface area contributed by atoms with Gasteiger partial charge in [0.1, 0.15) is 5.02 Å². The molecule has 2 aromatic heterocycles. The maximum atomic E-state index is 13.9. The number of carbonyl (C=O) groups excluding carboxylic acids is 1. The Labute approximate surface area is 196 Å². The molecule has 1 aromatic carbocycles. The molecule has 1 aliphatic heterocycles. The molecule has 4 rings (SSSR count). The summed E-state index contributed by atoms with van der Waals surface area (Å²) in [7, 11) is -3.79. The number of halogens is 4. The number of fused-ring (bicyclic) bond motifs is 2. The van der Waals surface area contributed by atoms with E-state index in [9.17, 15) is 26.4 Å². The molecule has 3 aromatic rings. The minimum absolute atomic E-state index is 0.00625. The molecule has 1 aliphatic rings. The van der Waals surface area contributed by atoms with E-state index < -0.39 is 28.0 Å². The highest BCUT2D eigenvalue weighted by atomic mass is 35.5. The minimum atomic E-state index is -4.92. The van der Waals surface area contributed by atoms with Crippen LogP contribution in [0.2, 0.25) is 5.02 Å². The fourth-order valence-corrected chi connectivity index (χ4v) is 4.23. The van der Waals surface area contributed by atoms with E-state index in [1.807, 2.05) is 13.8 Å². The third-order valence-electron chi connectivity index (χ3n) is 4.85. The summed E-state index contributed by atoms with van der Waals surface area (Å²) < 4.78 is 77.6. The molecule has 0 radical (unpaired) electrons. The van der Waals surface area contributed by atoms with Crippen molar-refractivity contribution in [1.29, 1.82) is 0 Å². The molecule has 9 nitrogen and oxygen atoms in total. The minimum Gasteiger partial charge on any atom is -0.476 e. The predicted molar refractivity (Wildman–Crippen MR) is 118 cm³/mol. The van der Waals surface area contributed by atoms with Gasteiger partial charge in [0.25, 0.3) is 0 Å². The third-order valence-corrected chi connectivity index (χ3v) is 5.69. The average molecular weight is 519 g/mol. The molecule has 0 fully saturated rings. The number of ether oxygens (including phenoxy) is 1. The summed E-state index contributed by atoms with van der Waals surface area (Å²) in [6.07, 6.45) is -2.88. The second-order valence-corrected chi connectivity index (χ2v) is 10.3. The first kappa shape index (κ1) is 24.1. The maximum absolute atomic E-state index is 13.9. The van der Waals surface area contributed by atoms with Gasteiger partial charge in [0, 0.05) is 6.07 Å². The third kappa shape index (κ3) is 4.49. The van der Waals surface area contributed by atoms with Crippen molar-refractivity contribution in [2.45, 2.75) is 25.9 Å². The lowest BCUT2D eigenvalue weighted by Crippen LogP contribution is -2.32. The Balaban J connectivity index is 1.83. The van der Waals surface area contributed by atoms with Crippen molar-refractivity contribution in [3.63, 3.8) is 0 Å². The lowest BCUT2D eigenvalue weighted by Gasteiger charge is -2.19. The number of aromatic nitrogens is 2. The molecule has 1 atom stereocenters. The Hall–Kier alpha value is -3.06. The number of anilines is 3. The number of nitrogens with one attached hydrogen (secondary N) is 1. The van der Waals surface area contributed by atoms with Gasteiger partial charge in [-0.15, -0.1) is 0 Å². The number of hydrogen-bond acceptors (Lipinski definition) is 7. The lowest BCUT2D eigenvalue weighted by atomic mass is 9.99. The molecule has 182 valence electrons. The largest absolute Gasteiger partial charge is 0.476 e. The smallest absolute Gasteiger partial charge is 0.404 e. The van der Waals surface area contributed by atoms with Crippen molar-refractivity contribution >= 4 is 55.7 Å². The molecule has 1 amide bonds. The average Bonchev–Trinajstić information content (AvgIpc) is 3.20. The van der Waals surface area contributed by atoms with Gasteiger partial charge in [0.2, 0.25) is 21.8 Å². The number of sulfonamides is 1. The highest BCUT2D eigenvalue weighted by molar-refractivity contribution is 7.92. The summed E-state index contributed by atoms with van der Waals surface area (Å²) in [5.41, 5.74) is -0.536. The molecule has 0 spiro atoms. The first-order valence-electron chi connectivity index (χ1n) is 9.86. The number of hydrogen-bond donors (Lipinski definition) is 1. The molecule has 1 unspecified atom stereocenters. The van der Waals surface area contributed by atoms with Crippen LogP contribution < -0.4 is 14.4 Å². The second-order valence-electron chi connectivity index (χ2n) is 8.15. The lowest BCUT2D eigenvalue weighted by molar-refractivity contribution is -0.161. The summed E-state index contributed by atoms with van der Waals surface area (Å²) >= 11 is 6.21. The van der Waals surface area contributed by atoms with Crippen LogP contribution in [0.25, 0.3) is 11.0 Å². The van der Waals surface area contributed by atoms with Crippen LogP contribution in [0.1, 0.15) is 25.3 Å². The quantitative estimate of drug-likeness (QED) is 0.507. The Kier molecular flexibility index (Phi) is 5.88. The topological polar surface area (TPSA) is 115 Å². The van der Waals surface area contributed by atoms with Crippen molar-refractivity contribution in [3.8, 4) is 5.88 Å². The van der Waals surface area contributed by atoms with Gasteiger partial charge in [0.15, 0.2) is 17.3 Å². The molecule has 0 saturated carbocycles. The first-order chi connectivity index (χ1) is 15.8. The van der Waals surface area contributed by atoms with E-state index in [0.29, 0.717) is 6.61 Å². The van der Waals surface area contributed by atoms with Crippen molar-refractivity contribution in [3.05, 3.63) is 35.0 Å². The second kappa shape index (κ2) is 8.31. The normalized spacial score (nSPS) is 16.4. The van der Waals surface area contributed by atoms with E-state index in [2.05, 4.69) is 14.9 Å². The number of rotatable bonds is 6. The number of benzene rings is 1. The van der Waals surface area contributed by atoms with E-state index in [4.69, 9.17) is 20.9 Å². The van der Waals surface area contributed by atoms with E-state index in [1.165, 1.54) is 18.3 Å². The number of nitrogens with zero attached hydrogens (tertiary/aromatic N) is 3. The van der Waals surface area contributed by atoms with Crippen molar-refractivity contribution in [2.24, 2.45) is 5.92 Å². The van der Waals surface area contributed by atoms with E-state index in [1.54, 1.807) is 0 Å². The summed E-state index contributed by atoms with van der Waals surface area (Å²) in [5.74, 6) is -3.79. The molecular formula is C20H18ClF3N4O5S. The van der Waals surface area contributed by atoms with Crippen LogP contribution in [-0.4, -0.2) is 43.5 Å². The molecule has 0 saturated heterocycles. The van der Waals surface area contributed by atoms with Gasteiger partial charge in [-0.25, -0.2) is 13.4 Å². The van der Waals surface area contributed by atoms with Crippen LogP contribution in [0.3, 0.4) is 0 Å². The number of alkyl halides is 3. The van der Waals surface area contributed by atoms with Gasteiger partial charge in [-0.2, -0.15) is 13.2 Å². The van der Waals surface area contributed by atoms with E-state index >= 15 is 0 Å². The summed E-state index contributed by atoms with van der Waals surface area (Å²) in [6.45, 7) is 4.15. The van der Waals surface area contributed by atoms with E-state index in [0.717, 1.165) is 17.2 Å². The molecule has 1 N–H and O–H groups in total.